The summed E-state index contributed by atoms with van der Waals surface area (Å²) in [6.45, 7) is 0. The van der Waals surface area contributed by atoms with Crippen molar-refractivity contribution < 1.29 is 0 Å². The third-order valence-electron chi connectivity index (χ3n) is 3.87. The molecule has 1 heteroatoms. The summed E-state index contributed by atoms with van der Waals surface area (Å²) in [5, 5.41) is 7.55. The summed E-state index contributed by atoms with van der Waals surface area (Å²) in [7, 11) is 0. The molecule has 0 radical (unpaired) electrons. The molecular formula is C21H16N+. The lowest BCUT2D eigenvalue weighted by Crippen LogP contribution is -2.27. The minimum Gasteiger partial charge on any atom is -0.210 e. The van der Waals surface area contributed by atoms with Gasteiger partial charge in [-0.05, 0) is 0 Å². The molecule has 0 spiro atoms. The zero-order chi connectivity index (χ0) is 15.3. The molecule has 3 aromatic carbocycles. The molecule has 0 heterocycles. The highest BCUT2D eigenvalue weighted by atomic mass is 14.4. The smallest absolute Gasteiger partial charge is 0.210 e. The maximum absolute atomic E-state index is 7.55. The first kappa shape index (κ1) is 14.0. The molecule has 0 atom stereocenters. The number of benzene rings is 3. The zero-order valence-electron chi connectivity index (χ0n) is 12.2. The standard InChI is InChI=1S/C21H16N/c22-17-16-21(18-10-4-1-5-11-18,19-12-6-2-7-13-19)20-14-8-3-9-15-20/h1-15,22H/q+1. The SMILES string of the molecule is N=C=[C+]C(c1ccccc1)(c1ccccc1)c1ccccc1. The zero-order valence-corrected chi connectivity index (χ0v) is 12.2. The van der Waals surface area contributed by atoms with Gasteiger partial charge in [-0.1, -0.05) is 91.0 Å². The fourth-order valence-electron chi connectivity index (χ4n) is 2.87. The summed E-state index contributed by atoms with van der Waals surface area (Å²) in [6.07, 6.45) is 3.16. The Kier molecular flexibility index (Phi) is 3.94. The van der Waals surface area contributed by atoms with Gasteiger partial charge in [-0.3, -0.25) is 0 Å². The normalized spacial score (nSPS) is 10.5. The molecule has 0 fully saturated rings. The van der Waals surface area contributed by atoms with E-state index in [9.17, 15) is 0 Å². The van der Waals surface area contributed by atoms with Crippen LogP contribution in [0.15, 0.2) is 91.0 Å². The van der Waals surface area contributed by atoms with Crippen molar-refractivity contribution in [2.75, 3.05) is 0 Å². The van der Waals surface area contributed by atoms with Crippen LogP contribution in [0.2, 0.25) is 0 Å². The molecule has 0 aliphatic carbocycles. The van der Waals surface area contributed by atoms with E-state index in [-0.39, 0.29) is 0 Å². The van der Waals surface area contributed by atoms with Gasteiger partial charge in [0.15, 0.2) is 0 Å². The molecule has 1 nitrogen and oxygen atoms in total. The molecule has 22 heavy (non-hydrogen) atoms. The van der Waals surface area contributed by atoms with Gasteiger partial charge in [0.25, 0.3) is 11.3 Å². The molecule has 0 aliphatic rings. The fourth-order valence-corrected chi connectivity index (χ4v) is 2.87. The largest absolute Gasteiger partial charge is 0.326 e. The van der Waals surface area contributed by atoms with Crippen molar-refractivity contribution >= 4 is 5.87 Å². The van der Waals surface area contributed by atoms with Gasteiger partial charge in [0, 0.05) is 16.7 Å². The summed E-state index contributed by atoms with van der Waals surface area (Å²) in [6, 6.07) is 30.5. The van der Waals surface area contributed by atoms with Gasteiger partial charge in [-0.25, -0.2) is 5.41 Å². The van der Waals surface area contributed by atoms with Gasteiger partial charge in [0.1, 0.15) is 0 Å². The second-order valence-electron chi connectivity index (χ2n) is 5.10. The fraction of sp³-hybridized carbons (Fsp3) is 0.0476. The van der Waals surface area contributed by atoms with Crippen LogP contribution >= 0.6 is 0 Å². The highest BCUT2D eigenvalue weighted by molar-refractivity contribution is 5.60. The average molecular weight is 282 g/mol. The third-order valence-corrected chi connectivity index (χ3v) is 3.87. The molecule has 0 amide bonds. The molecule has 0 saturated heterocycles. The Balaban J connectivity index is 2.37. The third kappa shape index (κ3) is 2.36. The van der Waals surface area contributed by atoms with Crippen LogP contribution < -0.4 is 0 Å². The van der Waals surface area contributed by atoms with Gasteiger partial charge >= 0.3 is 6.08 Å². The van der Waals surface area contributed by atoms with Crippen molar-refractivity contribution in [2.24, 2.45) is 0 Å². The van der Waals surface area contributed by atoms with Crippen LogP contribution in [0.1, 0.15) is 16.7 Å². The van der Waals surface area contributed by atoms with Crippen molar-refractivity contribution in [1.29, 1.82) is 5.41 Å². The number of hydrogen-bond donors (Lipinski definition) is 1. The van der Waals surface area contributed by atoms with Gasteiger partial charge in [0.05, 0.1) is 0 Å². The van der Waals surface area contributed by atoms with Crippen molar-refractivity contribution in [3.63, 3.8) is 0 Å². The van der Waals surface area contributed by atoms with E-state index in [4.69, 9.17) is 5.41 Å². The lowest BCUT2D eigenvalue weighted by atomic mass is 9.69. The second-order valence-corrected chi connectivity index (χ2v) is 5.10. The van der Waals surface area contributed by atoms with Crippen LogP contribution in [0.25, 0.3) is 0 Å². The first-order chi connectivity index (χ1) is 10.9. The summed E-state index contributed by atoms with van der Waals surface area (Å²) in [5.41, 5.74) is 2.61. The first-order valence-electron chi connectivity index (χ1n) is 7.23. The Labute approximate surface area is 131 Å². The van der Waals surface area contributed by atoms with Crippen molar-refractivity contribution in [2.45, 2.75) is 5.41 Å². The topological polar surface area (TPSA) is 23.9 Å². The minimum absolute atomic E-state index is 0.620. The van der Waals surface area contributed by atoms with E-state index in [0.29, 0.717) is 0 Å². The van der Waals surface area contributed by atoms with Crippen molar-refractivity contribution in [1.82, 2.24) is 0 Å². The molecule has 3 aromatic rings. The minimum atomic E-state index is -0.620. The van der Waals surface area contributed by atoms with Gasteiger partial charge in [0.2, 0.25) is 0 Å². The van der Waals surface area contributed by atoms with Gasteiger partial charge in [-0.2, -0.15) is 0 Å². The Bertz CT molecular complexity index is 673. The Morgan fingerprint density at radius 3 is 1.18 bits per heavy atom. The molecular weight excluding hydrogens is 266 g/mol. The number of allylic oxidation sites excluding steroid dienone is 1. The van der Waals surface area contributed by atoms with E-state index in [1.807, 2.05) is 54.6 Å². The summed E-state index contributed by atoms with van der Waals surface area (Å²) in [5.74, 6) is 2.40. The van der Waals surface area contributed by atoms with Crippen LogP contribution in [-0.4, -0.2) is 5.87 Å². The van der Waals surface area contributed by atoms with Crippen LogP contribution in [0.4, 0.5) is 0 Å². The summed E-state index contributed by atoms with van der Waals surface area (Å²) >= 11 is 0. The number of nitrogens with one attached hydrogen (secondary N) is 1. The molecule has 0 bridgehead atoms. The lowest BCUT2D eigenvalue weighted by Gasteiger charge is -2.21. The van der Waals surface area contributed by atoms with Gasteiger partial charge in [-0.15, -0.1) is 0 Å². The van der Waals surface area contributed by atoms with Crippen LogP contribution in [0.3, 0.4) is 0 Å². The highest BCUT2D eigenvalue weighted by Crippen LogP contribution is 2.39. The molecule has 104 valence electrons. The molecule has 3 rings (SSSR count). The Hall–Kier alpha value is -2.98. The van der Waals surface area contributed by atoms with E-state index in [1.165, 1.54) is 0 Å². The number of hydrogen-bond acceptors (Lipinski definition) is 1. The summed E-state index contributed by atoms with van der Waals surface area (Å²) in [4.78, 5) is 0. The highest BCUT2D eigenvalue weighted by Gasteiger charge is 2.46. The second kappa shape index (κ2) is 6.20. The maximum Gasteiger partial charge on any atom is 0.326 e. The first-order valence-corrected chi connectivity index (χ1v) is 7.23. The molecule has 0 saturated carbocycles. The average Bonchev–Trinajstić information content (AvgIpc) is 2.62. The van der Waals surface area contributed by atoms with Gasteiger partial charge < -0.3 is 0 Å². The lowest BCUT2D eigenvalue weighted by molar-refractivity contribution is 0.763. The Morgan fingerprint density at radius 2 is 0.909 bits per heavy atom. The van der Waals surface area contributed by atoms with E-state index < -0.39 is 5.41 Å². The van der Waals surface area contributed by atoms with Crippen molar-refractivity contribution in [3.05, 3.63) is 114 Å². The maximum atomic E-state index is 7.55. The predicted octanol–water partition coefficient (Wildman–Crippen LogP) is 4.63. The Morgan fingerprint density at radius 1 is 0.591 bits per heavy atom. The summed E-state index contributed by atoms with van der Waals surface area (Å²) < 4.78 is 0. The number of rotatable bonds is 4. The van der Waals surface area contributed by atoms with E-state index in [2.05, 4.69) is 48.3 Å². The van der Waals surface area contributed by atoms with Crippen LogP contribution in [0, 0.1) is 11.5 Å². The molecule has 0 unspecified atom stereocenters. The van der Waals surface area contributed by atoms with E-state index in [0.717, 1.165) is 16.7 Å². The molecule has 0 aromatic heterocycles. The van der Waals surface area contributed by atoms with E-state index in [1.54, 1.807) is 0 Å². The van der Waals surface area contributed by atoms with Crippen LogP contribution in [-0.2, 0) is 5.41 Å². The van der Waals surface area contributed by atoms with Crippen LogP contribution in [0.5, 0.6) is 0 Å². The molecule has 0 aliphatic heterocycles. The van der Waals surface area contributed by atoms with Crippen molar-refractivity contribution in [3.8, 4) is 0 Å². The predicted molar refractivity (Wildman–Crippen MR) is 90.2 cm³/mol. The molecule has 1 N–H and O–H groups in total. The quantitative estimate of drug-likeness (QED) is 0.410. The monoisotopic (exact) mass is 282 g/mol. The van der Waals surface area contributed by atoms with E-state index >= 15 is 0 Å².